The van der Waals surface area contributed by atoms with Crippen molar-refractivity contribution < 1.29 is 4.79 Å². The molecule has 1 heterocycles. The molecule has 0 spiro atoms. The number of amides is 1. The van der Waals surface area contributed by atoms with Crippen LogP contribution in [0.1, 0.15) is 52.9 Å². The topological polar surface area (TPSA) is 58.4 Å². The van der Waals surface area contributed by atoms with Gasteiger partial charge in [-0.05, 0) is 53.1 Å². The van der Waals surface area contributed by atoms with Gasteiger partial charge < -0.3 is 11.1 Å². The molecule has 0 bridgehead atoms. The van der Waals surface area contributed by atoms with Gasteiger partial charge in [0.25, 0.3) is 0 Å². The molecule has 1 rings (SSSR count). The van der Waals surface area contributed by atoms with Gasteiger partial charge in [0.1, 0.15) is 0 Å². The Bertz CT molecular complexity index is 254. The molecule has 106 valence electrons. The van der Waals surface area contributed by atoms with E-state index in [1.807, 2.05) is 13.8 Å². The summed E-state index contributed by atoms with van der Waals surface area (Å²) in [7, 11) is 0. The molecule has 0 aromatic carbocycles. The van der Waals surface area contributed by atoms with Crippen LogP contribution in [0.4, 0.5) is 0 Å². The second-order valence-electron chi connectivity index (χ2n) is 6.24. The van der Waals surface area contributed by atoms with Gasteiger partial charge in [-0.3, -0.25) is 9.69 Å². The van der Waals surface area contributed by atoms with Gasteiger partial charge in [-0.2, -0.15) is 0 Å². The van der Waals surface area contributed by atoms with Gasteiger partial charge in [-0.25, -0.2) is 0 Å². The highest BCUT2D eigenvalue weighted by Crippen LogP contribution is 2.11. The van der Waals surface area contributed by atoms with Gasteiger partial charge in [0.15, 0.2) is 0 Å². The van der Waals surface area contributed by atoms with Gasteiger partial charge >= 0.3 is 0 Å². The molecule has 18 heavy (non-hydrogen) atoms. The third kappa shape index (κ3) is 6.36. The van der Waals surface area contributed by atoms with Gasteiger partial charge in [0.2, 0.25) is 5.91 Å². The van der Waals surface area contributed by atoms with Crippen LogP contribution in [-0.2, 0) is 4.79 Å². The smallest absolute Gasteiger partial charge is 0.220 e. The van der Waals surface area contributed by atoms with Crippen molar-refractivity contribution >= 4 is 5.91 Å². The average Bonchev–Trinajstić information content (AvgIpc) is 2.33. The molecule has 3 N–H and O–H groups in total. The van der Waals surface area contributed by atoms with Gasteiger partial charge in [0, 0.05) is 24.5 Å². The number of piperidine rings is 1. The summed E-state index contributed by atoms with van der Waals surface area (Å²) in [5.41, 5.74) is 5.61. The Morgan fingerprint density at radius 1 is 1.33 bits per heavy atom. The minimum atomic E-state index is -0.254. The molecule has 1 saturated heterocycles. The Kier molecular flexibility index (Phi) is 6.09. The van der Waals surface area contributed by atoms with Crippen LogP contribution in [0.25, 0.3) is 0 Å². The molecule has 0 aromatic heterocycles. The molecule has 0 saturated carbocycles. The first kappa shape index (κ1) is 15.4. The number of rotatable bonds is 6. The molecule has 0 aliphatic carbocycles. The Labute approximate surface area is 111 Å². The van der Waals surface area contributed by atoms with Crippen molar-refractivity contribution in [3.63, 3.8) is 0 Å². The monoisotopic (exact) mass is 255 g/mol. The van der Waals surface area contributed by atoms with Crippen LogP contribution in [-0.4, -0.2) is 42.0 Å². The molecular formula is C14H29N3O. The van der Waals surface area contributed by atoms with Crippen molar-refractivity contribution in [2.45, 2.75) is 64.5 Å². The van der Waals surface area contributed by atoms with Crippen LogP contribution < -0.4 is 11.1 Å². The molecule has 0 aromatic rings. The zero-order chi connectivity index (χ0) is 13.6. The van der Waals surface area contributed by atoms with Crippen LogP contribution in [0, 0.1) is 0 Å². The molecule has 1 aliphatic rings. The highest BCUT2D eigenvalue weighted by Gasteiger charge is 2.18. The lowest BCUT2D eigenvalue weighted by Gasteiger charge is -2.32. The zero-order valence-corrected chi connectivity index (χ0v) is 12.2. The molecule has 1 fully saturated rings. The first-order valence-corrected chi connectivity index (χ1v) is 7.18. The van der Waals surface area contributed by atoms with Crippen LogP contribution in [0.2, 0.25) is 0 Å². The van der Waals surface area contributed by atoms with E-state index in [0.29, 0.717) is 12.5 Å². The standard InChI is InChI=1S/C14H29N3O/c1-12(17-9-5-4-6-10-17)11-16-13(18)7-8-14(2,3)15/h12H,4-11,15H2,1-3H3,(H,16,18). The van der Waals surface area contributed by atoms with E-state index in [4.69, 9.17) is 5.73 Å². The third-order valence-electron chi connectivity index (χ3n) is 3.61. The van der Waals surface area contributed by atoms with E-state index >= 15 is 0 Å². The van der Waals surface area contributed by atoms with Crippen molar-refractivity contribution in [3.05, 3.63) is 0 Å². The summed E-state index contributed by atoms with van der Waals surface area (Å²) in [5, 5.41) is 3.02. The summed E-state index contributed by atoms with van der Waals surface area (Å²) >= 11 is 0. The second kappa shape index (κ2) is 7.10. The number of nitrogens with one attached hydrogen (secondary N) is 1. The lowest BCUT2D eigenvalue weighted by molar-refractivity contribution is -0.121. The van der Waals surface area contributed by atoms with Crippen molar-refractivity contribution in [2.24, 2.45) is 5.73 Å². The minimum Gasteiger partial charge on any atom is -0.355 e. The first-order chi connectivity index (χ1) is 8.38. The maximum atomic E-state index is 11.7. The minimum absolute atomic E-state index is 0.123. The summed E-state index contributed by atoms with van der Waals surface area (Å²) in [5.74, 6) is 0.123. The van der Waals surface area contributed by atoms with Gasteiger partial charge in [0.05, 0.1) is 0 Å². The van der Waals surface area contributed by atoms with Crippen molar-refractivity contribution in [1.82, 2.24) is 10.2 Å². The highest BCUT2D eigenvalue weighted by atomic mass is 16.1. The number of carbonyl (C=O) groups is 1. The maximum absolute atomic E-state index is 11.7. The molecule has 1 atom stereocenters. The average molecular weight is 255 g/mol. The summed E-state index contributed by atoms with van der Waals surface area (Å²) in [6.07, 6.45) is 5.19. The lowest BCUT2D eigenvalue weighted by atomic mass is 10.00. The van der Waals surface area contributed by atoms with E-state index < -0.39 is 0 Å². The van der Waals surface area contributed by atoms with E-state index in [2.05, 4.69) is 17.1 Å². The van der Waals surface area contributed by atoms with Crippen LogP contribution in [0.15, 0.2) is 0 Å². The van der Waals surface area contributed by atoms with Crippen LogP contribution in [0.5, 0.6) is 0 Å². The molecule has 1 amide bonds. The quantitative estimate of drug-likeness (QED) is 0.756. The molecule has 1 aliphatic heterocycles. The summed E-state index contributed by atoms with van der Waals surface area (Å²) in [6, 6.07) is 0.445. The summed E-state index contributed by atoms with van der Waals surface area (Å²) in [6.45, 7) is 9.20. The van der Waals surface area contributed by atoms with E-state index in [0.717, 1.165) is 13.0 Å². The van der Waals surface area contributed by atoms with Crippen LogP contribution >= 0.6 is 0 Å². The first-order valence-electron chi connectivity index (χ1n) is 7.18. The molecule has 1 unspecified atom stereocenters. The number of hydrogen-bond acceptors (Lipinski definition) is 3. The van der Waals surface area contributed by atoms with E-state index in [9.17, 15) is 4.79 Å². The van der Waals surface area contributed by atoms with E-state index in [-0.39, 0.29) is 11.4 Å². The number of nitrogens with zero attached hydrogens (tertiary/aromatic N) is 1. The summed E-state index contributed by atoms with van der Waals surface area (Å²) < 4.78 is 0. The van der Waals surface area contributed by atoms with Gasteiger partial charge in [-0.15, -0.1) is 0 Å². The maximum Gasteiger partial charge on any atom is 0.220 e. The fourth-order valence-electron chi connectivity index (χ4n) is 2.27. The molecular weight excluding hydrogens is 226 g/mol. The second-order valence-corrected chi connectivity index (χ2v) is 6.24. The third-order valence-corrected chi connectivity index (χ3v) is 3.61. The normalized spacial score (nSPS) is 19.6. The number of hydrogen-bond donors (Lipinski definition) is 2. The predicted octanol–water partition coefficient (Wildman–Crippen LogP) is 1.49. The van der Waals surface area contributed by atoms with Crippen LogP contribution in [0.3, 0.4) is 0 Å². The Hall–Kier alpha value is -0.610. The highest BCUT2D eigenvalue weighted by molar-refractivity contribution is 5.75. The molecule has 4 heteroatoms. The van der Waals surface area contributed by atoms with E-state index in [1.165, 1.54) is 32.4 Å². The Balaban J connectivity index is 2.17. The largest absolute Gasteiger partial charge is 0.355 e. The fraction of sp³-hybridized carbons (Fsp3) is 0.929. The van der Waals surface area contributed by atoms with Gasteiger partial charge in [-0.1, -0.05) is 6.42 Å². The SMILES string of the molecule is CC(CNC(=O)CCC(C)(C)N)N1CCCCC1. The summed E-state index contributed by atoms with van der Waals surface area (Å²) in [4.78, 5) is 14.2. The number of nitrogens with two attached hydrogens (primary N) is 1. The number of carbonyl (C=O) groups excluding carboxylic acids is 1. The fourth-order valence-corrected chi connectivity index (χ4v) is 2.27. The van der Waals surface area contributed by atoms with E-state index in [1.54, 1.807) is 0 Å². The predicted molar refractivity (Wildman–Crippen MR) is 75.4 cm³/mol. The van der Waals surface area contributed by atoms with Crippen molar-refractivity contribution in [2.75, 3.05) is 19.6 Å². The van der Waals surface area contributed by atoms with Crippen molar-refractivity contribution in [1.29, 1.82) is 0 Å². The molecule has 4 nitrogen and oxygen atoms in total. The van der Waals surface area contributed by atoms with Crippen molar-refractivity contribution in [3.8, 4) is 0 Å². The number of likely N-dealkylation sites (tertiary alicyclic amines) is 1. The Morgan fingerprint density at radius 3 is 2.50 bits per heavy atom. The zero-order valence-electron chi connectivity index (χ0n) is 12.2. The Morgan fingerprint density at radius 2 is 1.94 bits per heavy atom. The molecule has 0 radical (unpaired) electrons. The lowest BCUT2D eigenvalue weighted by Crippen LogP contribution is -2.44.